The van der Waals surface area contributed by atoms with E-state index in [-0.39, 0.29) is 15.4 Å². The minimum Gasteiger partial charge on any atom is -0.225 e. The van der Waals surface area contributed by atoms with E-state index in [1.165, 1.54) is 19.1 Å². The van der Waals surface area contributed by atoms with Crippen LogP contribution in [-0.2, 0) is 19.9 Å². The molecule has 0 aliphatic rings. The summed E-state index contributed by atoms with van der Waals surface area (Å²) in [5.74, 6) is 0. The average Bonchev–Trinajstić information content (AvgIpc) is 2.04. The molecule has 2 N–H and O–H groups in total. The first kappa shape index (κ1) is 13.1. The maximum atomic E-state index is 11.4. The van der Waals surface area contributed by atoms with Gasteiger partial charge in [-0.1, -0.05) is 0 Å². The second-order valence-corrected chi connectivity index (χ2v) is 7.22. The lowest BCUT2D eigenvalue weighted by molar-refractivity contribution is 0.595. The van der Waals surface area contributed by atoms with Crippen LogP contribution in [0.1, 0.15) is 11.1 Å². The number of nitrogens with two attached hydrogens (primary N) is 1. The largest absolute Gasteiger partial charge is 0.238 e. The van der Waals surface area contributed by atoms with Gasteiger partial charge in [-0.3, -0.25) is 0 Å². The van der Waals surface area contributed by atoms with E-state index in [0.29, 0.717) is 5.56 Å². The highest BCUT2D eigenvalue weighted by molar-refractivity contribution is 7.91. The average molecular weight is 263 g/mol. The summed E-state index contributed by atoms with van der Waals surface area (Å²) in [5, 5.41) is 5.02. The normalized spacial score (nSPS) is 12.8. The zero-order valence-electron chi connectivity index (χ0n) is 9.18. The monoisotopic (exact) mass is 263 g/mol. The Hall–Kier alpha value is -0.920. The molecular formula is C9H13NO4S2. The summed E-state index contributed by atoms with van der Waals surface area (Å²) in [6.45, 7) is 3.04. The van der Waals surface area contributed by atoms with E-state index < -0.39 is 19.9 Å². The van der Waals surface area contributed by atoms with E-state index in [1.807, 2.05) is 0 Å². The molecule has 0 aliphatic carbocycles. The Labute approximate surface area is 95.3 Å². The van der Waals surface area contributed by atoms with Gasteiger partial charge in [-0.2, -0.15) is 0 Å². The first-order valence-electron chi connectivity index (χ1n) is 4.37. The first-order chi connectivity index (χ1) is 7.03. The van der Waals surface area contributed by atoms with Gasteiger partial charge in [0.25, 0.3) is 0 Å². The number of hydrogen-bond donors (Lipinski definition) is 1. The SMILES string of the molecule is Cc1cc(S(C)(=O)=O)c(C)c(S(N)(=O)=O)c1. The molecule has 16 heavy (non-hydrogen) atoms. The zero-order chi connectivity index (χ0) is 12.7. The van der Waals surface area contributed by atoms with Crippen LogP contribution in [0.4, 0.5) is 0 Å². The highest BCUT2D eigenvalue weighted by atomic mass is 32.2. The molecular weight excluding hydrogens is 250 g/mol. The molecule has 0 saturated heterocycles. The van der Waals surface area contributed by atoms with Gasteiger partial charge in [0.1, 0.15) is 0 Å². The van der Waals surface area contributed by atoms with Gasteiger partial charge in [-0.25, -0.2) is 22.0 Å². The molecule has 0 radical (unpaired) electrons. The minimum absolute atomic E-state index is 0.00322. The van der Waals surface area contributed by atoms with Gasteiger partial charge in [0, 0.05) is 6.26 Å². The minimum atomic E-state index is -3.90. The number of sulfone groups is 1. The molecule has 0 spiro atoms. The van der Waals surface area contributed by atoms with Crippen LogP contribution in [0, 0.1) is 13.8 Å². The lowest BCUT2D eigenvalue weighted by atomic mass is 10.2. The maximum absolute atomic E-state index is 11.4. The third-order valence-electron chi connectivity index (χ3n) is 2.16. The highest BCUT2D eigenvalue weighted by Gasteiger charge is 2.19. The van der Waals surface area contributed by atoms with Gasteiger partial charge in [-0.15, -0.1) is 0 Å². The van der Waals surface area contributed by atoms with Crippen molar-refractivity contribution in [2.75, 3.05) is 6.26 Å². The number of benzene rings is 1. The van der Waals surface area contributed by atoms with Crippen LogP contribution in [0.15, 0.2) is 21.9 Å². The molecule has 1 aromatic rings. The summed E-state index contributed by atoms with van der Waals surface area (Å²) < 4.78 is 45.4. The Morgan fingerprint density at radius 1 is 1.00 bits per heavy atom. The van der Waals surface area contributed by atoms with Crippen molar-refractivity contribution < 1.29 is 16.8 Å². The molecule has 0 aromatic heterocycles. The molecule has 0 fully saturated rings. The number of hydrogen-bond acceptors (Lipinski definition) is 4. The van der Waals surface area contributed by atoms with Crippen LogP contribution >= 0.6 is 0 Å². The van der Waals surface area contributed by atoms with Crippen LogP contribution in [0.5, 0.6) is 0 Å². The van der Waals surface area contributed by atoms with Gasteiger partial charge in [0.2, 0.25) is 10.0 Å². The summed E-state index contributed by atoms with van der Waals surface area (Å²) in [5.41, 5.74) is 0.700. The van der Waals surface area contributed by atoms with Crippen LogP contribution in [0.3, 0.4) is 0 Å². The number of rotatable bonds is 2. The molecule has 7 heteroatoms. The van der Waals surface area contributed by atoms with Gasteiger partial charge in [0.05, 0.1) is 9.79 Å². The lowest BCUT2D eigenvalue weighted by Crippen LogP contribution is -2.15. The molecule has 90 valence electrons. The highest BCUT2D eigenvalue weighted by Crippen LogP contribution is 2.23. The molecule has 5 nitrogen and oxygen atoms in total. The van der Waals surface area contributed by atoms with Crippen molar-refractivity contribution in [2.24, 2.45) is 5.14 Å². The number of aryl methyl sites for hydroxylation is 1. The van der Waals surface area contributed by atoms with Crippen molar-refractivity contribution in [2.45, 2.75) is 23.6 Å². The van der Waals surface area contributed by atoms with E-state index in [2.05, 4.69) is 0 Å². The predicted molar refractivity (Wildman–Crippen MR) is 60.4 cm³/mol. The fourth-order valence-electron chi connectivity index (χ4n) is 1.47. The first-order valence-corrected chi connectivity index (χ1v) is 7.81. The molecule has 0 heterocycles. The lowest BCUT2D eigenvalue weighted by Gasteiger charge is -2.09. The molecule has 0 saturated carbocycles. The van der Waals surface area contributed by atoms with Crippen LogP contribution < -0.4 is 5.14 Å². The third kappa shape index (κ3) is 2.60. The summed E-state index contributed by atoms with van der Waals surface area (Å²) in [6.07, 6.45) is 1.03. The van der Waals surface area contributed by atoms with Crippen LogP contribution in [-0.4, -0.2) is 23.1 Å². The molecule has 0 aliphatic heterocycles. The maximum Gasteiger partial charge on any atom is 0.238 e. The van der Waals surface area contributed by atoms with Crippen LogP contribution in [0.2, 0.25) is 0 Å². The Morgan fingerprint density at radius 2 is 1.44 bits per heavy atom. The van der Waals surface area contributed by atoms with Gasteiger partial charge in [-0.05, 0) is 37.1 Å². The van der Waals surface area contributed by atoms with Crippen molar-refractivity contribution in [1.82, 2.24) is 0 Å². The van der Waals surface area contributed by atoms with E-state index in [4.69, 9.17) is 5.14 Å². The van der Waals surface area contributed by atoms with E-state index in [0.717, 1.165) is 6.26 Å². The van der Waals surface area contributed by atoms with E-state index in [1.54, 1.807) is 6.92 Å². The number of primary sulfonamides is 1. The van der Waals surface area contributed by atoms with Crippen molar-refractivity contribution in [3.8, 4) is 0 Å². The molecule has 0 atom stereocenters. The predicted octanol–water partition coefficient (Wildman–Crippen LogP) is 0.354. The fraction of sp³-hybridized carbons (Fsp3) is 0.333. The van der Waals surface area contributed by atoms with Crippen molar-refractivity contribution in [3.05, 3.63) is 23.3 Å². The zero-order valence-corrected chi connectivity index (χ0v) is 10.8. The standard InChI is InChI=1S/C9H13NO4S2/c1-6-4-8(15(3,11)12)7(2)9(5-6)16(10,13)14/h4-5H,1-3H3,(H2,10,13,14). The quantitative estimate of drug-likeness (QED) is 0.833. The molecule has 0 bridgehead atoms. The van der Waals surface area contributed by atoms with Gasteiger partial charge < -0.3 is 0 Å². The molecule has 0 amide bonds. The van der Waals surface area contributed by atoms with Crippen molar-refractivity contribution >= 4 is 19.9 Å². The summed E-state index contributed by atoms with van der Waals surface area (Å²) in [7, 11) is -7.36. The molecule has 0 unspecified atom stereocenters. The van der Waals surface area contributed by atoms with Gasteiger partial charge >= 0.3 is 0 Å². The van der Waals surface area contributed by atoms with E-state index >= 15 is 0 Å². The van der Waals surface area contributed by atoms with E-state index in [9.17, 15) is 16.8 Å². The summed E-state index contributed by atoms with van der Waals surface area (Å²) in [4.78, 5) is -0.149. The van der Waals surface area contributed by atoms with Gasteiger partial charge in [0.15, 0.2) is 9.84 Å². The molecule has 1 aromatic carbocycles. The Bertz CT molecular complexity index is 576. The summed E-state index contributed by atoms with van der Waals surface area (Å²) >= 11 is 0. The smallest absolute Gasteiger partial charge is 0.225 e. The fourth-order valence-corrected chi connectivity index (χ4v) is 3.49. The second-order valence-electron chi connectivity index (χ2n) is 3.70. The third-order valence-corrected chi connectivity index (χ3v) is 4.42. The Balaban J connectivity index is 3.78. The topological polar surface area (TPSA) is 94.3 Å². The molecule has 1 rings (SSSR count). The number of sulfonamides is 1. The van der Waals surface area contributed by atoms with Crippen molar-refractivity contribution in [3.63, 3.8) is 0 Å². The Kier molecular flexibility index (Phi) is 3.15. The van der Waals surface area contributed by atoms with Crippen molar-refractivity contribution in [1.29, 1.82) is 0 Å². The Morgan fingerprint density at radius 3 is 1.81 bits per heavy atom. The summed E-state index contributed by atoms with van der Waals surface area (Å²) in [6, 6.07) is 2.79. The van der Waals surface area contributed by atoms with Crippen LogP contribution in [0.25, 0.3) is 0 Å². The second kappa shape index (κ2) is 3.83.